The number of carboxylic acid groups (broad SMARTS) is 1. The van der Waals surface area contributed by atoms with Crippen molar-refractivity contribution in [2.75, 3.05) is 9.80 Å². The maximum atomic E-state index is 14.4. The van der Waals surface area contributed by atoms with E-state index in [0.29, 0.717) is 17.8 Å². The minimum atomic E-state index is -1.83. The molecule has 4 aliphatic heterocycles. The van der Waals surface area contributed by atoms with Crippen molar-refractivity contribution in [3.05, 3.63) is 311 Å². The Bertz CT molecular complexity index is 6000. The number of anilines is 2. The van der Waals surface area contributed by atoms with E-state index in [0.717, 1.165) is 72.0 Å². The molecule has 8 fully saturated rings. The van der Waals surface area contributed by atoms with Crippen molar-refractivity contribution >= 4 is 114 Å². The zero-order valence-electron chi connectivity index (χ0n) is 67.4. The van der Waals surface area contributed by atoms with Crippen molar-refractivity contribution in [3.8, 4) is 17.1 Å². The maximum Gasteiger partial charge on any atom is 0.341 e. The average Bonchev–Trinajstić information content (AvgIpc) is 1.60. The smallest absolute Gasteiger partial charge is 0.341 e. The van der Waals surface area contributed by atoms with E-state index in [9.17, 15) is 69.1 Å². The molecule has 2 unspecified atom stereocenters. The summed E-state index contributed by atoms with van der Waals surface area (Å²) in [7, 11) is 0. The third kappa shape index (κ3) is 19.3. The largest absolute Gasteiger partial charge is 0.479 e. The lowest BCUT2D eigenvalue weighted by Gasteiger charge is -2.29. The predicted molar refractivity (Wildman–Crippen MR) is 466 cm³/mol. The zero-order chi connectivity index (χ0) is 88.3. The highest BCUT2D eigenvalue weighted by Crippen LogP contribution is 2.46. The van der Waals surface area contributed by atoms with Crippen molar-refractivity contribution in [3.63, 3.8) is 0 Å². The van der Waals surface area contributed by atoms with Crippen LogP contribution >= 0.6 is 22.6 Å². The van der Waals surface area contributed by atoms with Gasteiger partial charge in [-0.25, -0.2) is 49.6 Å². The Balaban J connectivity index is 0.000000119. The van der Waals surface area contributed by atoms with E-state index in [-0.39, 0.29) is 136 Å². The summed E-state index contributed by atoms with van der Waals surface area (Å²) in [5.41, 5.74) is 8.63. The fraction of sp³-hybridized carbons (Fsp3) is 0.253. The van der Waals surface area contributed by atoms with E-state index in [4.69, 9.17) is 10.8 Å². The van der Waals surface area contributed by atoms with Gasteiger partial charge in [0.05, 0.1) is 94.5 Å². The number of aliphatic carboxylic acids is 1. The molecule has 126 heavy (non-hydrogen) atoms. The van der Waals surface area contributed by atoms with Gasteiger partial charge in [0, 0.05) is 62.8 Å². The number of nitrogens with two attached hydrogens (primary N) is 1. The Kier molecular flexibility index (Phi) is 24.6. The second kappa shape index (κ2) is 36.0. The van der Waals surface area contributed by atoms with Crippen LogP contribution in [0.5, 0.6) is 0 Å². The first-order valence-electron chi connectivity index (χ1n) is 41.1. The summed E-state index contributed by atoms with van der Waals surface area (Å²) in [5.74, 6) is -4.46. The predicted octanol–water partition coefficient (Wildman–Crippen LogP) is 15.4. The van der Waals surface area contributed by atoms with Gasteiger partial charge < -0.3 is 47.2 Å². The Morgan fingerprint density at radius 3 is 1.02 bits per heavy atom. The van der Waals surface area contributed by atoms with E-state index in [1.807, 2.05) is 181 Å². The second-order valence-electron chi connectivity index (χ2n) is 32.3. The van der Waals surface area contributed by atoms with Crippen molar-refractivity contribution in [2.45, 2.75) is 148 Å². The van der Waals surface area contributed by atoms with Gasteiger partial charge in [0.2, 0.25) is 29.3 Å². The SMILES string of the molecule is Fc1ccc(-n2ncc3cc(I)ccc32)cc1.N[C@H]1CC(=O)NC1c1ccccc1.O=C(O)C1(F)CC1.O=C1C[C@@H](NC(=O)C2(F)CC2)[C@H](c2ccccc2)N1c1ccc2c(cnn2-c2ccc(F)cc2)c1.O=C1C[C@H](NC(=O)C2(F)CC2)C(c2ccccc2)N1.O=C1C[C@H](NC(=O)C2(F)CC2)[C@@H](c2ccccc2)N1c1ccc2c(cnn2-c2ccc(F)cc2)c1. The topological polar surface area (TPSA) is 303 Å². The number of halogens is 8. The molecule has 7 amide bonds. The molecular formula is C95H84F7IN14O9. The molecule has 23 nitrogen and oxygen atoms in total. The summed E-state index contributed by atoms with van der Waals surface area (Å²) in [6, 6.07) is 71.0. The molecular weight excluding hydrogens is 1740 g/mol. The zero-order valence-corrected chi connectivity index (χ0v) is 69.6. The van der Waals surface area contributed by atoms with Crippen molar-refractivity contribution in [1.29, 1.82) is 0 Å². The highest BCUT2D eigenvalue weighted by molar-refractivity contribution is 14.1. The van der Waals surface area contributed by atoms with Crippen LogP contribution in [-0.4, -0.2) is 129 Å². The summed E-state index contributed by atoms with van der Waals surface area (Å²) < 4.78 is 100. The summed E-state index contributed by atoms with van der Waals surface area (Å²) in [6.45, 7) is 0. The monoisotopic (exact) mass is 1820 g/mol. The number of carbonyl (C=O) groups excluding carboxylic acids is 7. The van der Waals surface area contributed by atoms with Crippen LogP contribution in [-0.2, 0) is 38.4 Å². The number of nitrogens with zero attached hydrogens (tertiary/aromatic N) is 8. The molecule has 644 valence electrons. The standard InChI is InChI=1S/2C27H22F2N4O2.C14H15FN2O2.C13H8FIN2.C10H12N2O.C4H5FO2/c2*28-19-6-8-20(9-7-19)33-23-11-10-21(14-18(23)16-30-33)32-24(34)15-22(31-26(35)27(29)12-13-27)25(32)17-4-2-1-3-5-17;15-14(6-7-14)13(19)16-10-8-11(18)17-12(10)9-4-2-1-3-5-9;14-10-1-4-12(5-2-10)17-13-6-3-11(15)7-9(13)8-16-17;11-8-6-9(13)12-10(8)7-4-2-1-3-5-7;5-4(1-2-4)3(6)7/h2*1-11,14,16,22,25H,12-13,15H2,(H,31,35);1-5,10,12H,6-8H2,(H,16,19)(H,17,18);1-8H;1-5,8,10H,6,11H2,(H,12,13);1-2H2,(H,6,7)/t2*22-,25+;10-,12?;;8-,10?;/m100.0./s1. The number of carbonyl (C=O) groups is 8. The molecule has 4 saturated heterocycles. The van der Waals surface area contributed by atoms with Crippen LogP contribution in [0.1, 0.15) is 123 Å². The normalized spacial score (nSPS) is 21.4. The number of aromatic nitrogens is 6. The molecule has 7 heterocycles. The lowest BCUT2D eigenvalue weighted by atomic mass is 9.99. The first-order valence-corrected chi connectivity index (χ1v) is 42.2. The first kappa shape index (κ1) is 86.1. The number of carboxylic acids is 1. The number of fused-ring (bicyclic) bond motifs is 3. The molecule has 4 aliphatic carbocycles. The van der Waals surface area contributed by atoms with E-state index >= 15 is 0 Å². The van der Waals surface area contributed by atoms with Gasteiger partial charge in [0.25, 0.3) is 17.7 Å². The lowest BCUT2D eigenvalue weighted by Crippen LogP contribution is -2.44. The van der Waals surface area contributed by atoms with Crippen LogP contribution in [0.4, 0.5) is 42.1 Å². The van der Waals surface area contributed by atoms with Crippen LogP contribution in [0.25, 0.3) is 49.8 Å². The van der Waals surface area contributed by atoms with Crippen molar-refractivity contribution in [1.82, 2.24) is 55.9 Å². The van der Waals surface area contributed by atoms with Gasteiger partial charge in [-0.3, -0.25) is 33.6 Å². The summed E-state index contributed by atoms with van der Waals surface area (Å²) in [4.78, 5) is 98.8. The van der Waals surface area contributed by atoms with Gasteiger partial charge in [-0.2, -0.15) is 15.3 Å². The van der Waals surface area contributed by atoms with Crippen LogP contribution in [0.2, 0.25) is 0 Å². The molecule has 8 N–H and O–H groups in total. The molecule has 4 saturated carbocycles. The number of hydrogen-bond donors (Lipinski definition) is 7. The second-order valence-corrected chi connectivity index (χ2v) is 33.6. The highest BCUT2D eigenvalue weighted by Gasteiger charge is 2.56. The van der Waals surface area contributed by atoms with Crippen LogP contribution in [0.15, 0.2) is 267 Å². The molecule has 3 aromatic heterocycles. The maximum absolute atomic E-state index is 14.4. The van der Waals surface area contributed by atoms with Crippen LogP contribution in [0.3, 0.4) is 0 Å². The Morgan fingerprint density at radius 1 is 0.381 bits per heavy atom. The number of benzene rings is 10. The van der Waals surface area contributed by atoms with E-state index in [2.05, 4.69) is 70.5 Å². The highest BCUT2D eigenvalue weighted by atomic mass is 127. The molecule has 8 atom stereocenters. The van der Waals surface area contributed by atoms with Crippen molar-refractivity contribution in [2.24, 2.45) is 5.73 Å². The fourth-order valence-corrected chi connectivity index (χ4v) is 16.3. The average molecular weight is 1830 g/mol. The van der Waals surface area contributed by atoms with Gasteiger partial charge in [-0.05, 0) is 224 Å². The fourth-order valence-electron chi connectivity index (χ4n) is 15.8. The Hall–Kier alpha value is -13.4. The summed E-state index contributed by atoms with van der Waals surface area (Å²) in [5, 5.41) is 37.8. The summed E-state index contributed by atoms with van der Waals surface area (Å²) in [6.07, 6.45) is 7.81. The number of amides is 7. The van der Waals surface area contributed by atoms with Gasteiger partial charge in [-0.1, -0.05) is 121 Å². The third-order valence-electron chi connectivity index (χ3n) is 23.2. The lowest BCUT2D eigenvalue weighted by molar-refractivity contribution is -0.144. The quantitative estimate of drug-likeness (QED) is 0.0350. The number of nitrogens with one attached hydrogen (secondary N) is 5. The van der Waals surface area contributed by atoms with E-state index < -0.39 is 70.5 Å². The molecule has 0 spiro atoms. The summed E-state index contributed by atoms with van der Waals surface area (Å²) >= 11 is 2.27. The van der Waals surface area contributed by atoms with Gasteiger partial charge >= 0.3 is 5.97 Å². The van der Waals surface area contributed by atoms with Gasteiger partial charge in [0.15, 0.2) is 17.0 Å². The molecule has 31 heteroatoms. The van der Waals surface area contributed by atoms with Gasteiger partial charge in [-0.15, -0.1) is 0 Å². The van der Waals surface area contributed by atoms with Crippen molar-refractivity contribution < 1.29 is 74.2 Å². The molecule has 0 bridgehead atoms. The molecule has 21 rings (SSSR count). The Labute approximate surface area is 731 Å². The van der Waals surface area contributed by atoms with Crippen LogP contribution < -0.4 is 42.1 Å². The number of alkyl halides is 4. The molecule has 0 radical (unpaired) electrons. The number of rotatable bonds is 16. The van der Waals surface area contributed by atoms with Gasteiger partial charge in [0.1, 0.15) is 17.5 Å². The minimum absolute atomic E-state index is 0.00583. The van der Waals surface area contributed by atoms with E-state index in [1.54, 1.807) is 68.0 Å². The minimum Gasteiger partial charge on any atom is -0.479 e. The van der Waals surface area contributed by atoms with E-state index in [1.165, 1.54) is 40.0 Å². The third-order valence-corrected chi connectivity index (χ3v) is 23.9. The Morgan fingerprint density at radius 2 is 0.690 bits per heavy atom. The molecule has 10 aromatic carbocycles. The number of hydrogen-bond acceptors (Lipinski definition) is 12. The molecule has 8 aliphatic rings. The first-order chi connectivity index (χ1) is 60.6. The molecule has 13 aromatic rings. The van der Waals surface area contributed by atoms with Crippen LogP contribution in [0, 0.1) is 21.0 Å².